The second-order valence-electron chi connectivity index (χ2n) is 8.59. The predicted octanol–water partition coefficient (Wildman–Crippen LogP) is 5.19. The minimum atomic E-state index is -1.54. The molecule has 2 amide bonds. The highest BCUT2D eigenvalue weighted by Crippen LogP contribution is 2.38. The number of carbonyl (C=O) groups is 1. The average molecular weight is 542 g/mol. The Kier molecular flexibility index (Phi) is 9.16. The Morgan fingerprint density at radius 2 is 1.95 bits per heavy atom. The van der Waals surface area contributed by atoms with Gasteiger partial charge in [-0.2, -0.15) is 0 Å². The van der Waals surface area contributed by atoms with E-state index in [2.05, 4.69) is 36.4 Å². The van der Waals surface area contributed by atoms with E-state index in [1.54, 1.807) is 12.1 Å². The number of anilines is 2. The normalized spacial score (nSPS) is 13.3. The van der Waals surface area contributed by atoms with Crippen LogP contribution in [0.1, 0.15) is 44.4 Å². The van der Waals surface area contributed by atoms with E-state index in [1.807, 2.05) is 52.8 Å². The molecule has 2 N–H and O–H groups in total. The number of nitrogens with one attached hydrogen (secondary N) is 2. The fourth-order valence-electron chi connectivity index (χ4n) is 3.96. The van der Waals surface area contributed by atoms with Gasteiger partial charge in [0.1, 0.15) is 5.82 Å². The lowest BCUT2D eigenvalue weighted by Crippen LogP contribution is -2.44. The van der Waals surface area contributed by atoms with Crippen LogP contribution >= 0.6 is 9.24 Å². The largest absolute Gasteiger partial charge is 0.383 e. The van der Waals surface area contributed by atoms with Crippen LogP contribution in [0.2, 0.25) is 0 Å². The minimum Gasteiger partial charge on any atom is -0.383 e. The maximum atomic E-state index is 14.9. The maximum absolute atomic E-state index is 14.9. The Labute approximate surface area is 222 Å². The fraction of sp³-hybridized carbons (Fsp3) is 0.296. The molecule has 0 bridgehead atoms. The Morgan fingerprint density at radius 3 is 2.57 bits per heavy atom. The number of hydrogen-bond donors (Lipinski definition) is 2. The lowest BCUT2D eigenvalue weighted by molar-refractivity contribution is 0.246. The molecular formula is C27H33FN5O2PS. The lowest BCUT2D eigenvalue weighted by atomic mass is 9.97. The van der Waals surface area contributed by atoms with E-state index in [0.29, 0.717) is 16.6 Å². The molecule has 2 unspecified atom stereocenters. The van der Waals surface area contributed by atoms with Crippen LogP contribution in [0.25, 0.3) is 17.0 Å². The molecule has 10 heteroatoms. The molecule has 3 aromatic rings. The van der Waals surface area contributed by atoms with E-state index >= 15 is 0 Å². The quantitative estimate of drug-likeness (QED) is 0.332. The van der Waals surface area contributed by atoms with Crippen LogP contribution in [-0.4, -0.2) is 32.5 Å². The first-order valence-corrected chi connectivity index (χ1v) is 14.1. The van der Waals surface area contributed by atoms with E-state index < -0.39 is 22.6 Å². The third-order valence-corrected chi connectivity index (χ3v) is 6.76. The van der Waals surface area contributed by atoms with E-state index in [9.17, 15) is 13.4 Å². The number of fused-ring (bicyclic) bond motifs is 1. The SMILES string of the molecule is C=C(NC(C)C)c1ccc(C)c(-c2nc(S(C)=O)nc3c2CNC(=O)N3c2c(F)cccc2P)c1.CC. The zero-order valence-electron chi connectivity index (χ0n) is 22.0. The molecule has 0 spiro atoms. The highest BCUT2D eigenvalue weighted by atomic mass is 32.2. The van der Waals surface area contributed by atoms with Gasteiger partial charge in [-0.3, -0.25) is 4.21 Å². The molecule has 2 heterocycles. The minimum absolute atomic E-state index is 0.0593. The average Bonchev–Trinajstić information content (AvgIpc) is 2.85. The smallest absolute Gasteiger partial charge is 0.328 e. The van der Waals surface area contributed by atoms with Crippen molar-refractivity contribution < 1.29 is 13.4 Å². The van der Waals surface area contributed by atoms with Crippen LogP contribution in [0.4, 0.5) is 20.7 Å². The van der Waals surface area contributed by atoms with Gasteiger partial charge in [0.05, 0.1) is 28.7 Å². The second kappa shape index (κ2) is 11.9. The summed E-state index contributed by atoms with van der Waals surface area (Å²) in [5, 5.41) is 6.67. The summed E-state index contributed by atoms with van der Waals surface area (Å²) in [4.78, 5) is 23.3. The molecular weight excluding hydrogens is 508 g/mol. The first-order chi connectivity index (χ1) is 17.6. The molecule has 4 rings (SSSR count). The standard InChI is InChI=1S/C25H27FN5O2PS.C2H6/c1-13(2)28-15(4)16-10-9-14(3)17(11-16)21-18-12-27-25(32)31(22-19(26)7-6-8-20(22)34)23(18)30-24(29-21)35(5)33;1-2/h6-11,13,28H,4,12,34H2,1-3,5H3,(H,27,32);1-2H3. The summed E-state index contributed by atoms with van der Waals surface area (Å²) in [6, 6.07) is 10.1. The third kappa shape index (κ3) is 5.89. The molecule has 1 aliphatic rings. The number of aromatic nitrogens is 2. The number of halogens is 1. The molecule has 0 aliphatic carbocycles. The molecule has 2 aromatic carbocycles. The van der Waals surface area contributed by atoms with Crippen molar-refractivity contribution in [2.45, 2.75) is 52.4 Å². The number of urea groups is 1. The summed E-state index contributed by atoms with van der Waals surface area (Å²) in [6.07, 6.45) is 1.47. The van der Waals surface area contributed by atoms with E-state index in [0.717, 1.165) is 22.4 Å². The summed E-state index contributed by atoms with van der Waals surface area (Å²) < 4.78 is 27.5. The molecule has 1 aromatic heterocycles. The monoisotopic (exact) mass is 541 g/mol. The van der Waals surface area contributed by atoms with E-state index in [1.165, 1.54) is 17.2 Å². The van der Waals surface area contributed by atoms with Gasteiger partial charge < -0.3 is 10.6 Å². The molecule has 196 valence electrons. The number of benzene rings is 2. The summed E-state index contributed by atoms with van der Waals surface area (Å²) in [5.41, 5.74) is 4.56. The molecule has 7 nitrogen and oxygen atoms in total. The van der Waals surface area contributed by atoms with Gasteiger partial charge in [0, 0.05) is 29.1 Å². The Bertz CT molecular complexity index is 1360. The van der Waals surface area contributed by atoms with Crippen molar-refractivity contribution in [3.8, 4) is 11.3 Å². The first kappa shape index (κ1) is 28.4. The van der Waals surface area contributed by atoms with Gasteiger partial charge in [-0.15, -0.1) is 9.24 Å². The van der Waals surface area contributed by atoms with Crippen molar-refractivity contribution in [2.24, 2.45) is 0 Å². The van der Waals surface area contributed by atoms with Crippen LogP contribution < -0.4 is 20.8 Å². The molecule has 2 atom stereocenters. The van der Waals surface area contributed by atoms with Gasteiger partial charge in [0.2, 0.25) is 5.16 Å². The highest BCUT2D eigenvalue weighted by Gasteiger charge is 2.33. The zero-order valence-corrected chi connectivity index (χ0v) is 23.9. The Morgan fingerprint density at radius 1 is 1.24 bits per heavy atom. The molecule has 1 aliphatic heterocycles. The fourth-order valence-corrected chi connectivity index (χ4v) is 4.78. The van der Waals surface area contributed by atoms with Crippen LogP contribution in [0.3, 0.4) is 0 Å². The van der Waals surface area contributed by atoms with Crippen molar-refractivity contribution in [1.29, 1.82) is 0 Å². The van der Waals surface area contributed by atoms with Crippen molar-refractivity contribution in [1.82, 2.24) is 20.6 Å². The summed E-state index contributed by atoms with van der Waals surface area (Å²) >= 11 is 0. The lowest BCUT2D eigenvalue weighted by Gasteiger charge is -2.31. The third-order valence-electron chi connectivity index (χ3n) is 5.60. The van der Waals surface area contributed by atoms with Crippen molar-refractivity contribution >= 4 is 48.6 Å². The number of amides is 2. The number of nitrogens with zero attached hydrogens (tertiary/aromatic N) is 3. The van der Waals surface area contributed by atoms with Gasteiger partial charge in [-0.1, -0.05) is 44.7 Å². The van der Waals surface area contributed by atoms with Gasteiger partial charge >= 0.3 is 6.03 Å². The van der Waals surface area contributed by atoms with Crippen LogP contribution in [0.5, 0.6) is 0 Å². The Balaban J connectivity index is 0.00000186. The highest BCUT2D eigenvalue weighted by molar-refractivity contribution is 7.84. The Hall–Kier alpha value is -3.16. The van der Waals surface area contributed by atoms with Crippen molar-refractivity contribution in [2.75, 3.05) is 11.2 Å². The van der Waals surface area contributed by atoms with E-state index in [4.69, 9.17) is 0 Å². The summed E-state index contributed by atoms with van der Waals surface area (Å²) in [7, 11) is 0.903. The van der Waals surface area contributed by atoms with Gasteiger partial charge in [-0.25, -0.2) is 24.1 Å². The second-order valence-corrected chi connectivity index (χ2v) is 10.5. The zero-order chi connectivity index (χ0) is 27.4. The van der Waals surface area contributed by atoms with Crippen molar-refractivity contribution in [3.63, 3.8) is 0 Å². The van der Waals surface area contributed by atoms with Gasteiger partial charge in [0.15, 0.2) is 5.82 Å². The first-order valence-electron chi connectivity index (χ1n) is 12.0. The summed E-state index contributed by atoms with van der Waals surface area (Å²) in [6.45, 7) is 14.3. The maximum Gasteiger partial charge on any atom is 0.328 e. The van der Waals surface area contributed by atoms with Crippen LogP contribution in [-0.2, 0) is 17.3 Å². The molecule has 0 saturated carbocycles. The summed E-state index contributed by atoms with van der Waals surface area (Å²) in [5.74, 6) is -0.365. The van der Waals surface area contributed by atoms with E-state index in [-0.39, 0.29) is 29.2 Å². The topological polar surface area (TPSA) is 87.2 Å². The molecule has 0 saturated heterocycles. The number of aryl methyl sites for hydroxylation is 1. The molecule has 37 heavy (non-hydrogen) atoms. The van der Waals surface area contributed by atoms with Crippen LogP contribution in [0.15, 0.2) is 48.1 Å². The number of para-hydroxylation sites is 1. The molecule has 0 radical (unpaired) electrons. The predicted molar refractivity (Wildman–Crippen MR) is 153 cm³/mol. The van der Waals surface area contributed by atoms with Gasteiger partial charge in [-0.05, 0) is 49.3 Å². The number of hydrogen-bond acceptors (Lipinski definition) is 5. The van der Waals surface area contributed by atoms with Crippen LogP contribution in [0, 0.1) is 12.7 Å². The number of carbonyl (C=O) groups excluding carboxylic acids is 1. The molecule has 0 fully saturated rings. The number of rotatable bonds is 6. The van der Waals surface area contributed by atoms with Crippen molar-refractivity contribution in [3.05, 3.63) is 65.5 Å². The van der Waals surface area contributed by atoms with Gasteiger partial charge in [0.25, 0.3) is 0 Å².